The minimum absolute atomic E-state index is 0.339. The molecule has 0 saturated heterocycles. The Balaban J connectivity index is 2.19. The van der Waals surface area contributed by atoms with Crippen LogP contribution < -0.4 is 5.32 Å². The molecule has 3 nitrogen and oxygen atoms in total. The van der Waals surface area contributed by atoms with Gasteiger partial charge in [0.2, 0.25) is 0 Å². The van der Waals surface area contributed by atoms with Gasteiger partial charge in [-0.25, -0.2) is 4.39 Å². The van der Waals surface area contributed by atoms with E-state index in [1.54, 1.807) is 0 Å². The number of rotatable bonds is 3. The van der Waals surface area contributed by atoms with Crippen molar-refractivity contribution in [3.05, 3.63) is 52.1 Å². The molecule has 0 spiro atoms. The molecule has 0 radical (unpaired) electrons. The van der Waals surface area contributed by atoms with E-state index in [0.717, 1.165) is 11.3 Å². The molecule has 2 rings (SSSR count). The van der Waals surface area contributed by atoms with E-state index in [1.807, 2.05) is 24.6 Å². The van der Waals surface area contributed by atoms with Crippen molar-refractivity contribution in [2.75, 3.05) is 5.32 Å². The van der Waals surface area contributed by atoms with Crippen LogP contribution in [0.1, 0.15) is 17.0 Å². The zero-order valence-electron chi connectivity index (χ0n) is 10.7. The van der Waals surface area contributed by atoms with Crippen LogP contribution in [0.5, 0.6) is 0 Å². The van der Waals surface area contributed by atoms with Crippen molar-refractivity contribution in [1.82, 2.24) is 4.57 Å². The van der Waals surface area contributed by atoms with Crippen LogP contribution in [0, 0.1) is 24.1 Å². The van der Waals surface area contributed by atoms with Crippen molar-refractivity contribution >= 4 is 17.3 Å². The number of nitrogens with one attached hydrogen (secondary N) is 1. The molecule has 0 aliphatic rings. The highest BCUT2D eigenvalue weighted by Gasteiger charge is 2.09. The standard InChI is InChI=1S/C14H13ClFN3/c1-9-10(5-12(7-17)19(9)2)8-18-14-6-11(16)3-4-13(14)15/h3-6,18H,8H2,1-2H3. The van der Waals surface area contributed by atoms with Gasteiger partial charge in [0.05, 0.1) is 10.7 Å². The van der Waals surface area contributed by atoms with Gasteiger partial charge in [0.15, 0.2) is 0 Å². The Hall–Kier alpha value is -1.99. The minimum atomic E-state index is -0.339. The molecule has 0 aliphatic heterocycles. The molecule has 0 amide bonds. The maximum absolute atomic E-state index is 13.1. The molecular weight excluding hydrogens is 265 g/mol. The van der Waals surface area contributed by atoms with Gasteiger partial charge in [-0.3, -0.25) is 0 Å². The number of nitriles is 1. The van der Waals surface area contributed by atoms with Gasteiger partial charge in [0.25, 0.3) is 0 Å². The number of benzene rings is 1. The predicted molar refractivity (Wildman–Crippen MR) is 73.6 cm³/mol. The summed E-state index contributed by atoms with van der Waals surface area (Å²) in [5.41, 5.74) is 3.12. The summed E-state index contributed by atoms with van der Waals surface area (Å²) in [5.74, 6) is -0.339. The molecule has 1 aromatic carbocycles. The first-order valence-electron chi connectivity index (χ1n) is 5.77. The highest BCUT2D eigenvalue weighted by atomic mass is 35.5. The first kappa shape index (κ1) is 13.4. The van der Waals surface area contributed by atoms with Crippen molar-refractivity contribution in [2.24, 2.45) is 7.05 Å². The van der Waals surface area contributed by atoms with Crippen molar-refractivity contribution in [1.29, 1.82) is 5.26 Å². The largest absolute Gasteiger partial charge is 0.380 e. The number of halogens is 2. The van der Waals surface area contributed by atoms with Crippen molar-refractivity contribution < 1.29 is 4.39 Å². The lowest BCUT2D eigenvalue weighted by Crippen LogP contribution is -2.02. The minimum Gasteiger partial charge on any atom is -0.380 e. The Morgan fingerprint density at radius 3 is 2.79 bits per heavy atom. The predicted octanol–water partition coefficient (Wildman–Crippen LogP) is 3.61. The molecule has 1 N–H and O–H groups in total. The maximum atomic E-state index is 13.1. The SMILES string of the molecule is Cc1c(CNc2cc(F)ccc2Cl)cc(C#N)n1C. The van der Waals surface area contributed by atoms with Gasteiger partial charge in [-0.05, 0) is 36.8 Å². The number of aromatic nitrogens is 1. The van der Waals surface area contributed by atoms with Gasteiger partial charge in [0, 0.05) is 19.3 Å². The third-order valence-corrected chi connectivity index (χ3v) is 3.48. The van der Waals surface area contributed by atoms with Gasteiger partial charge >= 0.3 is 0 Å². The fourth-order valence-corrected chi connectivity index (χ4v) is 2.06. The van der Waals surface area contributed by atoms with E-state index in [4.69, 9.17) is 16.9 Å². The van der Waals surface area contributed by atoms with Gasteiger partial charge in [-0.15, -0.1) is 0 Å². The number of hydrogen-bond acceptors (Lipinski definition) is 2. The molecule has 0 atom stereocenters. The molecule has 0 bridgehead atoms. The summed E-state index contributed by atoms with van der Waals surface area (Å²) in [5, 5.41) is 12.5. The summed E-state index contributed by atoms with van der Waals surface area (Å²) in [6, 6.07) is 8.12. The van der Waals surface area contributed by atoms with Gasteiger partial charge in [0.1, 0.15) is 17.6 Å². The lowest BCUT2D eigenvalue weighted by molar-refractivity contribution is 0.628. The molecule has 98 valence electrons. The van der Waals surface area contributed by atoms with Crippen LogP contribution in [0.4, 0.5) is 10.1 Å². The molecule has 0 unspecified atom stereocenters. The quantitative estimate of drug-likeness (QED) is 0.931. The number of anilines is 1. The van der Waals surface area contributed by atoms with E-state index in [1.165, 1.54) is 18.2 Å². The summed E-state index contributed by atoms with van der Waals surface area (Å²) in [6.45, 7) is 2.43. The fourth-order valence-electron chi connectivity index (χ4n) is 1.87. The van der Waals surface area contributed by atoms with Crippen LogP contribution in [0.2, 0.25) is 5.02 Å². The molecule has 5 heteroatoms. The second kappa shape index (κ2) is 5.33. The summed E-state index contributed by atoms with van der Waals surface area (Å²) in [6.07, 6.45) is 0. The summed E-state index contributed by atoms with van der Waals surface area (Å²) < 4.78 is 15.0. The van der Waals surface area contributed by atoms with E-state index >= 15 is 0 Å². The third-order valence-electron chi connectivity index (χ3n) is 3.15. The van der Waals surface area contributed by atoms with E-state index in [0.29, 0.717) is 22.9 Å². The smallest absolute Gasteiger partial charge is 0.125 e. The maximum Gasteiger partial charge on any atom is 0.125 e. The van der Waals surface area contributed by atoms with Crippen LogP contribution in [0.25, 0.3) is 0 Å². The number of hydrogen-bond donors (Lipinski definition) is 1. The van der Waals surface area contributed by atoms with Gasteiger partial charge in [-0.1, -0.05) is 11.6 Å². The van der Waals surface area contributed by atoms with Crippen LogP contribution in [-0.4, -0.2) is 4.57 Å². The average Bonchev–Trinajstić information content (AvgIpc) is 2.67. The Morgan fingerprint density at radius 2 is 2.16 bits per heavy atom. The highest BCUT2D eigenvalue weighted by molar-refractivity contribution is 6.33. The van der Waals surface area contributed by atoms with Crippen LogP contribution >= 0.6 is 11.6 Å². The molecule has 1 aromatic heterocycles. The summed E-state index contributed by atoms with van der Waals surface area (Å²) >= 11 is 5.98. The molecule has 1 heterocycles. The van der Waals surface area contributed by atoms with E-state index in [-0.39, 0.29) is 5.82 Å². The van der Waals surface area contributed by atoms with Crippen molar-refractivity contribution in [3.8, 4) is 6.07 Å². The van der Waals surface area contributed by atoms with Crippen LogP contribution in [0.3, 0.4) is 0 Å². The summed E-state index contributed by atoms with van der Waals surface area (Å²) in [4.78, 5) is 0. The lowest BCUT2D eigenvalue weighted by atomic mass is 10.2. The number of nitrogens with zero attached hydrogens (tertiary/aromatic N) is 2. The monoisotopic (exact) mass is 277 g/mol. The average molecular weight is 278 g/mol. The molecule has 0 saturated carbocycles. The molecule has 0 aliphatic carbocycles. The molecule has 19 heavy (non-hydrogen) atoms. The highest BCUT2D eigenvalue weighted by Crippen LogP contribution is 2.24. The lowest BCUT2D eigenvalue weighted by Gasteiger charge is -2.08. The van der Waals surface area contributed by atoms with Crippen LogP contribution in [0.15, 0.2) is 24.3 Å². The Morgan fingerprint density at radius 1 is 1.42 bits per heavy atom. The zero-order chi connectivity index (χ0) is 14.0. The Kier molecular flexibility index (Phi) is 3.77. The zero-order valence-corrected chi connectivity index (χ0v) is 11.4. The van der Waals surface area contributed by atoms with Gasteiger partial charge < -0.3 is 9.88 Å². The normalized spacial score (nSPS) is 10.3. The second-order valence-electron chi connectivity index (χ2n) is 4.29. The Bertz CT molecular complexity index is 655. The first-order chi connectivity index (χ1) is 9.02. The topological polar surface area (TPSA) is 40.8 Å². The Labute approximate surface area is 116 Å². The van der Waals surface area contributed by atoms with Crippen LogP contribution in [-0.2, 0) is 13.6 Å². The molecule has 0 fully saturated rings. The van der Waals surface area contributed by atoms with E-state index in [9.17, 15) is 4.39 Å². The third kappa shape index (κ3) is 2.72. The first-order valence-corrected chi connectivity index (χ1v) is 6.15. The second-order valence-corrected chi connectivity index (χ2v) is 4.70. The fraction of sp³-hybridized carbons (Fsp3) is 0.214. The van der Waals surface area contributed by atoms with Gasteiger partial charge in [-0.2, -0.15) is 5.26 Å². The van der Waals surface area contributed by atoms with Crippen molar-refractivity contribution in [3.63, 3.8) is 0 Å². The van der Waals surface area contributed by atoms with Crippen molar-refractivity contribution in [2.45, 2.75) is 13.5 Å². The summed E-state index contributed by atoms with van der Waals surface area (Å²) in [7, 11) is 1.84. The van der Waals surface area contributed by atoms with E-state index in [2.05, 4.69) is 11.4 Å². The molecule has 2 aromatic rings. The molecular formula is C14H13ClFN3. The van der Waals surface area contributed by atoms with E-state index < -0.39 is 0 Å².